The van der Waals surface area contributed by atoms with Crippen molar-refractivity contribution in [2.45, 2.75) is 39.8 Å². The summed E-state index contributed by atoms with van der Waals surface area (Å²) in [6, 6.07) is 2.52. The Bertz CT molecular complexity index is 1060. The van der Waals surface area contributed by atoms with Crippen molar-refractivity contribution in [2.75, 3.05) is 33.2 Å². The Balaban J connectivity index is 1.83. The molecular formula is C23H31N3O7. The van der Waals surface area contributed by atoms with E-state index in [-0.39, 0.29) is 50.5 Å². The molecule has 1 atom stereocenters. The Morgan fingerprint density at radius 3 is 2.61 bits per heavy atom. The monoisotopic (exact) mass is 461 g/mol. The molecule has 10 nitrogen and oxygen atoms in total. The number of hydrogen-bond donors (Lipinski definition) is 3. The first-order valence-electron chi connectivity index (χ1n) is 11.1. The Morgan fingerprint density at radius 1 is 1.21 bits per heavy atom. The maximum Gasteiger partial charge on any atom is 0.257 e. The van der Waals surface area contributed by atoms with Crippen LogP contribution in [0, 0.1) is 5.92 Å². The number of benzene rings is 1. The van der Waals surface area contributed by atoms with E-state index >= 15 is 0 Å². The summed E-state index contributed by atoms with van der Waals surface area (Å²) in [7, 11) is 0. The van der Waals surface area contributed by atoms with Gasteiger partial charge in [-0.15, -0.1) is 0 Å². The van der Waals surface area contributed by atoms with Gasteiger partial charge in [-0.2, -0.15) is 0 Å². The van der Waals surface area contributed by atoms with Crippen molar-refractivity contribution in [2.24, 2.45) is 5.92 Å². The molecule has 0 bridgehead atoms. The minimum atomic E-state index is -0.808. The molecule has 10 heteroatoms. The Hall–Kier alpha value is -3.11. The fourth-order valence-electron chi connectivity index (χ4n) is 3.68. The molecule has 3 rings (SSSR count). The van der Waals surface area contributed by atoms with Crippen LogP contribution in [0.3, 0.4) is 0 Å². The zero-order valence-corrected chi connectivity index (χ0v) is 19.2. The third-order valence-electron chi connectivity index (χ3n) is 5.27. The van der Waals surface area contributed by atoms with E-state index in [2.05, 4.69) is 10.6 Å². The Morgan fingerprint density at radius 2 is 1.94 bits per heavy atom. The number of rotatable bonds is 11. The topological polar surface area (TPSA) is 128 Å². The maximum atomic E-state index is 13.2. The second-order valence-electron chi connectivity index (χ2n) is 8.16. The number of fused-ring (bicyclic) bond motifs is 2. The molecule has 2 amide bonds. The Kier molecular flexibility index (Phi) is 8.29. The number of amides is 2. The molecular weight excluding hydrogens is 430 g/mol. The van der Waals surface area contributed by atoms with Crippen molar-refractivity contribution < 1.29 is 28.9 Å². The second kappa shape index (κ2) is 11.2. The van der Waals surface area contributed by atoms with Crippen LogP contribution in [0.5, 0.6) is 11.5 Å². The minimum absolute atomic E-state index is 0.0453. The summed E-state index contributed by atoms with van der Waals surface area (Å²) < 4.78 is 17.7. The molecule has 180 valence electrons. The van der Waals surface area contributed by atoms with Gasteiger partial charge >= 0.3 is 0 Å². The van der Waals surface area contributed by atoms with Gasteiger partial charge in [0.2, 0.25) is 18.1 Å². The number of carbonyl (C=O) groups excluding carboxylic acids is 2. The van der Waals surface area contributed by atoms with E-state index in [1.165, 1.54) is 6.20 Å². The highest BCUT2D eigenvalue weighted by Crippen LogP contribution is 2.35. The van der Waals surface area contributed by atoms with Crippen LogP contribution in [-0.2, 0) is 16.1 Å². The number of hydrogen-bond acceptors (Lipinski definition) is 7. The molecule has 0 aliphatic carbocycles. The van der Waals surface area contributed by atoms with E-state index in [1.807, 2.05) is 20.8 Å². The lowest BCUT2D eigenvalue weighted by molar-refractivity contribution is -0.123. The predicted octanol–water partition coefficient (Wildman–Crippen LogP) is 1.02. The molecule has 0 radical (unpaired) electrons. The van der Waals surface area contributed by atoms with Gasteiger partial charge in [0.15, 0.2) is 11.5 Å². The average molecular weight is 462 g/mol. The van der Waals surface area contributed by atoms with E-state index in [9.17, 15) is 14.4 Å². The van der Waals surface area contributed by atoms with Gasteiger partial charge in [-0.05, 0) is 25.3 Å². The van der Waals surface area contributed by atoms with E-state index in [0.29, 0.717) is 35.4 Å². The summed E-state index contributed by atoms with van der Waals surface area (Å²) in [6.45, 7) is 6.99. The van der Waals surface area contributed by atoms with Crippen molar-refractivity contribution in [1.82, 2.24) is 15.2 Å². The lowest BCUT2D eigenvalue weighted by Gasteiger charge is -2.20. The molecule has 1 aliphatic rings. The largest absolute Gasteiger partial charge is 0.454 e. The quantitative estimate of drug-likeness (QED) is 0.426. The Labute approximate surface area is 191 Å². The van der Waals surface area contributed by atoms with Crippen LogP contribution in [0.4, 0.5) is 0 Å². The first-order chi connectivity index (χ1) is 15.8. The number of aryl methyl sites for hydroxylation is 1. The SMILES string of the molecule is CCn1cc(C(=O)N[C@H](CC(C)C)C(=O)NCCOCCO)c(=O)c2cc3c(cc21)OCO3. The molecule has 2 aromatic rings. The molecule has 0 saturated heterocycles. The third kappa shape index (κ3) is 5.82. The van der Waals surface area contributed by atoms with E-state index in [1.54, 1.807) is 16.7 Å². The third-order valence-corrected chi connectivity index (χ3v) is 5.27. The molecule has 0 spiro atoms. The van der Waals surface area contributed by atoms with Crippen LogP contribution in [0.1, 0.15) is 37.6 Å². The molecule has 1 aliphatic heterocycles. The maximum absolute atomic E-state index is 13.2. The predicted molar refractivity (Wildman–Crippen MR) is 122 cm³/mol. The van der Waals surface area contributed by atoms with Crippen molar-refractivity contribution >= 4 is 22.7 Å². The summed E-state index contributed by atoms with van der Waals surface area (Å²) in [5.41, 5.74) is 0.158. The van der Waals surface area contributed by atoms with E-state index in [4.69, 9.17) is 19.3 Å². The van der Waals surface area contributed by atoms with E-state index in [0.717, 1.165) is 0 Å². The number of ether oxygens (including phenoxy) is 3. The molecule has 0 fully saturated rings. The lowest BCUT2D eigenvalue weighted by Crippen LogP contribution is -2.49. The zero-order valence-electron chi connectivity index (χ0n) is 19.2. The summed E-state index contributed by atoms with van der Waals surface area (Å²) >= 11 is 0. The number of nitrogens with zero attached hydrogens (tertiary/aromatic N) is 1. The first kappa shape index (κ1) is 24.5. The lowest BCUT2D eigenvalue weighted by atomic mass is 10.0. The number of aliphatic hydroxyl groups is 1. The first-order valence-corrected chi connectivity index (χ1v) is 11.1. The summed E-state index contributed by atoms with van der Waals surface area (Å²) in [5, 5.41) is 14.5. The molecule has 3 N–H and O–H groups in total. The van der Waals surface area contributed by atoms with Gasteiger partial charge in [-0.25, -0.2) is 0 Å². The van der Waals surface area contributed by atoms with Crippen LogP contribution in [0.25, 0.3) is 10.9 Å². The normalized spacial score (nSPS) is 13.4. The van der Waals surface area contributed by atoms with Gasteiger partial charge in [-0.3, -0.25) is 14.4 Å². The number of aromatic nitrogens is 1. The van der Waals surface area contributed by atoms with Gasteiger partial charge < -0.3 is 34.5 Å². The van der Waals surface area contributed by atoms with Gasteiger partial charge in [0.05, 0.1) is 30.7 Å². The van der Waals surface area contributed by atoms with Gasteiger partial charge in [0.25, 0.3) is 5.91 Å². The van der Waals surface area contributed by atoms with Crippen LogP contribution in [-0.4, -0.2) is 60.7 Å². The van der Waals surface area contributed by atoms with Gasteiger partial charge in [0.1, 0.15) is 11.6 Å². The smallest absolute Gasteiger partial charge is 0.257 e. The summed E-state index contributed by atoms with van der Waals surface area (Å²) in [4.78, 5) is 39.0. The van der Waals surface area contributed by atoms with Crippen LogP contribution in [0.2, 0.25) is 0 Å². The molecule has 33 heavy (non-hydrogen) atoms. The molecule has 0 saturated carbocycles. The molecule has 1 aromatic carbocycles. The number of pyridine rings is 1. The van der Waals surface area contributed by atoms with Gasteiger partial charge in [0, 0.05) is 25.4 Å². The molecule has 2 heterocycles. The van der Waals surface area contributed by atoms with Crippen LogP contribution in [0.15, 0.2) is 23.1 Å². The van der Waals surface area contributed by atoms with Crippen LogP contribution >= 0.6 is 0 Å². The van der Waals surface area contributed by atoms with Crippen molar-refractivity contribution in [3.8, 4) is 11.5 Å². The summed E-state index contributed by atoms with van der Waals surface area (Å²) in [5.74, 6) is 0.178. The molecule has 1 aromatic heterocycles. The fraction of sp³-hybridized carbons (Fsp3) is 0.522. The fourth-order valence-corrected chi connectivity index (χ4v) is 3.68. The second-order valence-corrected chi connectivity index (χ2v) is 8.16. The average Bonchev–Trinajstić information content (AvgIpc) is 3.25. The standard InChI is InChI=1S/C23H31N3O7/c1-4-26-12-16(21(28)15-10-19-20(11-18(15)26)33-13-32-19)22(29)25-17(9-14(2)3)23(30)24-5-7-31-8-6-27/h10-12,14,17,27H,4-9,13H2,1-3H3,(H,24,30)(H,25,29)/t17-/m1/s1. The van der Waals surface area contributed by atoms with E-state index < -0.39 is 17.4 Å². The highest BCUT2D eigenvalue weighted by Gasteiger charge is 2.25. The molecule has 0 unspecified atom stereocenters. The summed E-state index contributed by atoms with van der Waals surface area (Å²) in [6.07, 6.45) is 1.92. The zero-order chi connectivity index (χ0) is 24.0. The number of aliphatic hydroxyl groups excluding tert-OH is 1. The van der Waals surface area contributed by atoms with Crippen LogP contribution < -0.4 is 25.5 Å². The number of nitrogens with one attached hydrogen (secondary N) is 2. The van der Waals surface area contributed by atoms with Crippen molar-refractivity contribution in [1.29, 1.82) is 0 Å². The minimum Gasteiger partial charge on any atom is -0.454 e. The van der Waals surface area contributed by atoms with Crippen molar-refractivity contribution in [3.63, 3.8) is 0 Å². The van der Waals surface area contributed by atoms with Gasteiger partial charge in [-0.1, -0.05) is 13.8 Å². The highest BCUT2D eigenvalue weighted by molar-refractivity contribution is 6.00. The highest BCUT2D eigenvalue weighted by atomic mass is 16.7. The van der Waals surface area contributed by atoms with Crippen molar-refractivity contribution in [3.05, 3.63) is 34.1 Å². The number of carbonyl (C=O) groups is 2.